The van der Waals surface area contributed by atoms with Gasteiger partial charge < -0.3 is 8.94 Å². The Balaban J connectivity index is 1.75. The van der Waals surface area contributed by atoms with Gasteiger partial charge in [0.05, 0.1) is 5.25 Å². The van der Waals surface area contributed by atoms with Crippen molar-refractivity contribution >= 4 is 11.8 Å². The van der Waals surface area contributed by atoms with Crippen LogP contribution in [0.5, 0.6) is 0 Å². The topological polar surface area (TPSA) is 77.8 Å². The lowest BCUT2D eigenvalue weighted by atomic mass is 10.1. The van der Waals surface area contributed by atoms with Crippen molar-refractivity contribution in [2.75, 3.05) is 0 Å². The van der Waals surface area contributed by atoms with Crippen LogP contribution >= 0.6 is 11.8 Å². The maximum atomic E-state index is 5.78. The molecule has 0 saturated carbocycles. The predicted octanol–water partition coefficient (Wildman–Crippen LogP) is 4.71. The summed E-state index contributed by atoms with van der Waals surface area (Å²) in [6.45, 7) is 10.1. The van der Waals surface area contributed by atoms with Crippen molar-refractivity contribution in [3.05, 3.63) is 41.0 Å². The van der Waals surface area contributed by atoms with Crippen LogP contribution in [0, 0.1) is 13.8 Å². The largest absolute Gasteiger partial charge is 0.411 e. The number of hydrogen-bond donors (Lipinski definition) is 0. The van der Waals surface area contributed by atoms with Gasteiger partial charge in [-0.05, 0) is 32.9 Å². The zero-order valence-electron chi connectivity index (χ0n) is 14.4. The lowest BCUT2D eigenvalue weighted by molar-refractivity contribution is 0.372. The van der Waals surface area contributed by atoms with Crippen LogP contribution in [-0.2, 0) is 0 Å². The van der Waals surface area contributed by atoms with Gasteiger partial charge in [0.25, 0.3) is 5.22 Å². The summed E-state index contributed by atoms with van der Waals surface area (Å²) in [5, 5.41) is 12.7. The highest BCUT2D eigenvalue weighted by molar-refractivity contribution is 7.99. The van der Waals surface area contributed by atoms with Crippen LogP contribution in [0.3, 0.4) is 0 Å². The summed E-state index contributed by atoms with van der Waals surface area (Å²) in [5.74, 6) is 2.03. The van der Waals surface area contributed by atoms with Crippen LogP contribution in [0.25, 0.3) is 11.5 Å². The highest BCUT2D eigenvalue weighted by Gasteiger charge is 2.20. The lowest BCUT2D eigenvalue weighted by Gasteiger charge is -2.02. The van der Waals surface area contributed by atoms with Crippen molar-refractivity contribution in [3.63, 3.8) is 0 Å². The second-order valence-electron chi connectivity index (χ2n) is 6.16. The van der Waals surface area contributed by atoms with Gasteiger partial charge in [-0.15, -0.1) is 10.2 Å². The first-order valence-corrected chi connectivity index (χ1v) is 8.72. The molecule has 1 atom stereocenters. The van der Waals surface area contributed by atoms with E-state index < -0.39 is 0 Å². The van der Waals surface area contributed by atoms with Crippen LogP contribution in [0.15, 0.2) is 32.4 Å². The van der Waals surface area contributed by atoms with Gasteiger partial charge in [0.2, 0.25) is 11.8 Å². The van der Waals surface area contributed by atoms with Gasteiger partial charge in [-0.25, -0.2) is 0 Å². The van der Waals surface area contributed by atoms with E-state index in [0.717, 1.165) is 16.7 Å². The molecule has 0 spiro atoms. The van der Waals surface area contributed by atoms with E-state index in [1.54, 1.807) is 0 Å². The summed E-state index contributed by atoms with van der Waals surface area (Å²) >= 11 is 1.41. The van der Waals surface area contributed by atoms with Crippen molar-refractivity contribution in [2.24, 2.45) is 0 Å². The Labute approximate surface area is 145 Å². The molecule has 0 aliphatic heterocycles. The molecular formula is C17H20N4O2S. The smallest absolute Gasteiger partial charge is 0.277 e. The number of thioether (sulfide) groups is 1. The predicted molar refractivity (Wildman–Crippen MR) is 91.9 cm³/mol. The van der Waals surface area contributed by atoms with Gasteiger partial charge in [-0.3, -0.25) is 0 Å². The quantitative estimate of drug-likeness (QED) is 0.620. The van der Waals surface area contributed by atoms with E-state index in [1.165, 1.54) is 11.8 Å². The number of aryl methyl sites for hydroxylation is 2. The third kappa shape index (κ3) is 3.67. The van der Waals surface area contributed by atoms with Crippen LogP contribution in [0.2, 0.25) is 0 Å². The standard InChI is InChI=1S/C17H20N4O2S/c1-9(2)14-18-15(23-21-14)12(5)24-17-20-19-16(22-17)13-7-10(3)6-11(4)8-13/h6-9,12H,1-5H3. The van der Waals surface area contributed by atoms with Crippen molar-refractivity contribution in [1.82, 2.24) is 20.3 Å². The molecule has 0 bridgehead atoms. The molecule has 2 heterocycles. The lowest BCUT2D eigenvalue weighted by Crippen LogP contribution is -1.92. The number of hydrogen-bond acceptors (Lipinski definition) is 7. The van der Waals surface area contributed by atoms with Crippen LogP contribution < -0.4 is 0 Å². The molecule has 7 heteroatoms. The highest BCUT2D eigenvalue weighted by atomic mass is 32.2. The molecule has 3 aromatic rings. The molecule has 126 valence electrons. The van der Waals surface area contributed by atoms with Crippen molar-refractivity contribution in [1.29, 1.82) is 0 Å². The summed E-state index contributed by atoms with van der Waals surface area (Å²) < 4.78 is 11.1. The van der Waals surface area contributed by atoms with E-state index in [9.17, 15) is 0 Å². The molecule has 0 radical (unpaired) electrons. The van der Waals surface area contributed by atoms with E-state index >= 15 is 0 Å². The molecule has 6 nitrogen and oxygen atoms in total. The molecule has 0 aliphatic rings. The molecule has 0 amide bonds. The Morgan fingerprint density at radius 2 is 1.71 bits per heavy atom. The number of nitrogens with zero attached hydrogens (tertiary/aromatic N) is 4. The van der Waals surface area contributed by atoms with Gasteiger partial charge in [0.15, 0.2) is 5.82 Å². The van der Waals surface area contributed by atoms with E-state index in [1.807, 2.05) is 46.8 Å². The Morgan fingerprint density at radius 3 is 2.33 bits per heavy atom. The fourth-order valence-corrected chi connectivity index (χ4v) is 3.03. The summed E-state index contributed by atoms with van der Waals surface area (Å²) in [6, 6.07) is 6.18. The SMILES string of the molecule is Cc1cc(C)cc(-c2nnc(SC(C)c3nc(C(C)C)no3)o2)c1. The number of rotatable bonds is 5. The molecule has 24 heavy (non-hydrogen) atoms. The van der Waals surface area contributed by atoms with Gasteiger partial charge in [0.1, 0.15) is 0 Å². The Hall–Kier alpha value is -2.15. The fourth-order valence-electron chi connectivity index (χ4n) is 2.32. The van der Waals surface area contributed by atoms with E-state index in [-0.39, 0.29) is 11.2 Å². The van der Waals surface area contributed by atoms with E-state index in [2.05, 4.69) is 26.4 Å². The van der Waals surface area contributed by atoms with E-state index in [4.69, 9.17) is 8.94 Å². The molecule has 0 saturated heterocycles. The molecule has 0 fully saturated rings. The first-order valence-electron chi connectivity index (χ1n) is 7.84. The number of benzene rings is 1. The number of aromatic nitrogens is 4. The molecule has 3 rings (SSSR count). The summed E-state index contributed by atoms with van der Waals surface area (Å²) in [4.78, 5) is 4.41. The summed E-state index contributed by atoms with van der Waals surface area (Å²) in [7, 11) is 0. The van der Waals surface area contributed by atoms with Crippen LogP contribution in [0.4, 0.5) is 0 Å². The van der Waals surface area contributed by atoms with Crippen LogP contribution in [0.1, 0.15) is 54.8 Å². The van der Waals surface area contributed by atoms with Gasteiger partial charge in [-0.1, -0.05) is 48.0 Å². The Kier molecular flexibility index (Phi) is 4.71. The van der Waals surface area contributed by atoms with E-state index in [0.29, 0.717) is 22.8 Å². The molecule has 0 aliphatic carbocycles. The maximum Gasteiger partial charge on any atom is 0.277 e. The maximum absolute atomic E-state index is 5.78. The average Bonchev–Trinajstić information content (AvgIpc) is 3.15. The average molecular weight is 344 g/mol. The minimum absolute atomic E-state index is 0.0578. The normalized spacial score (nSPS) is 12.8. The third-order valence-corrected chi connectivity index (χ3v) is 4.40. The van der Waals surface area contributed by atoms with Gasteiger partial charge in [-0.2, -0.15) is 4.98 Å². The Bertz CT molecular complexity index is 820. The second kappa shape index (κ2) is 6.76. The fraction of sp³-hybridized carbons (Fsp3) is 0.412. The molecule has 2 aromatic heterocycles. The zero-order chi connectivity index (χ0) is 17.3. The monoisotopic (exact) mass is 344 g/mol. The first-order chi connectivity index (χ1) is 11.4. The second-order valence-corrected chi connectivity index (χ2v) is 7.45. The molecule has 1 unspecified atom stereocenters. The summed E-state index contributed by atoms with van der Waals surface area (Å²) in [5.41, 5.74) is 3.26. The van der Waals surface area contributed by atoms with Crippen LogP contribution in [-0.4, -0.2) is 20.3 Å². The molecular weight excluding hydrogens is 324 g/mol. The third-order valence-electron chi connectivity index (χ3n) is 3.47. The molecule has 1 aromatic carbocycles. The van der Waals surface area contributed by atoms with Crippen molar-refractivity contribution < 1.29 is 8.94 Å². The summed E-state index contributed by atoms with van der Waals surface area (Å²) in [6.07, 6.45) is 0. The van der Waals surface area contributed by atoms with Gasteiger partial charge in [0, 0.05) is 11.5 Å². The zero-order valence-corrected chi connectivity index (χ0v) is 15.2. The first kappa shape index (κ1) is 16.7. The minimum atomic E-state index is -0.0578. The van der Waals surface area contributed by atoms with Crippen molar-refractivity contribution in [2.45, 2.75) is 51.0 Å². The van der Waals surface area contributed by atoms with Gasteiger partial charge >= 0.3 is 0 Å². The molecule has 0 N–H and O–H groups in total. The van der Waals surface area contributed by atoms with Crippen molar-refractivity contribution in [3.8, 4) is 11.5 Å². The Morgan fingerprint density at radius 1 is 1.00 bits per heavy atom. The minimum Gasteiger partial charge on any atom is -0.411 e. The highest BCUT2D eigenvalue weighted by Crippen LogP contribution is 2.35.